The van der Waals surface area contributed by atoms with Crippen LogP contribution < -0.4 is 16.4 Å². The first kappa shape index (κ1) is 11.6. The summed E-state index contributed by atoms with van der Waals surface area (Å²) in [6.07, 6.45) is 3.05. The van der Waals surface area contributed by atoms with E-state index in [0.29, 0.717) is 24.1 Å². The first-order chi connectivity index (χ1) is 7.66. The highest BCUT2D eigenvalue weighted by atomic mass is 32.1. The number of carbonyl (C=O) groups is 1. The highest BCUT2D eigenvalue weighted by molar-refractivity contribution is 7.80. The van der Waals surface area contributed by atoms with E-state index in [9.17, 15) is 4.79 Å². The fourth-order valence-electron chi connectivity index (χ4n) is 1.87. The van der Waals surface area contributed by atoms with Crippen LogP contribution in [0.3, 0.4) is 0 Å². The van der Waals surface area contributed by atoms with Gasteiger partial charge in [-0.25, -0.2) is 4.79 Å². The number of urea groups is 1. The lowest BCUT2D eigenvalue weighted by Gasteiger charge is -2.19. The number of amides is 2. The van der Waals surface area contributed by atoms with E-state index in [1.54, 1.807) is 0 Å². The Hall–Kier alpha value is -0.880. The van der Waals surface area contributed by atoms with Crippen LogP contribution in [-0.2, 0) is 4.74 Å². The number of nitrogens with one attached hydrogen (secondary N) is 2. The van der Waals surface area contributed by atoms with E-state index in [0.717, 1.165) is 19.3 Å². The fourth-order valence-corrected chi connectivity index (χ4v) is 2.12. The van der Waals surface area contributed by atoms with Crippen LogP contribution in [0.25, 0.3) is 0 Å². The molecule has 5 nitrogen and oxygen atoms in total. The summed E-state index contributed by atoms with van der Waals surface area (Å²) in [5.41, 5.74) is 5.60. The lowest BCUT2D eigenvalue weighted by molar-refractivity contribution is 0.188. The standard InChI is InChI=1S/C10H17N3O2S/c11-9(16)8(6-1-2-6)13-10(14)12-7-3-4-15-5-7/h6-8H,1-5H2,(H2,11,16)(H2,12,13,14). The van der Waals surface area contributed by atoms with Crippen molar-refractivity contribution in [2.75, 3.05) is 13.2 Å². The Kier molecular flexibility index (Phi) is 3.60. The number of carbonyl (C=O) groups excluding carboxylic acids is 1. The summed E-state index contributed by atoms with van der Waals surface area (Å²) in [6, 6.07) is -0.233. The third kappa shape index (κ3) is 3.05. The van der Waals surface area contributed by atoms with E-state index >= 15 is 0 Å². The maximum absolute atomic E-state index is 11.7. The van der Waals surface area contributed by atoms with Gasteiger partial charge in [0.2, 0.25) is 0 Å². The molecule has 2 amide bonds. The van der Waals surface area contributed by atoms with Gasteiger partial charge in [0.15, 0.2) is 0 Å². The number of hydrogen-bond acceptors (Lipinski definition) is 3. The average molecular weight is 243 g/mol. The SMILES string of the molecule is NC(=S)C(NC(=O)NC1CCOC1)C1CC1. The van der Waals surface area contributed by atoms with E-state index in [-0.39, 0.29) is 18.1 Å². The molecule has 1 saturated heterocycles. The molecule has 0 aromatic heterocycles. The predicted molar refractivity (Wildman–Crippen MR) is 64.2 cm³/mol. The van der Waals surface area contributed by atoms with Crippen LogP contribution in [0.2, 0.25) is 0 Å². The van der Waals surface area contributed by atoms with Crippen molar-refractivity contribution in [2.24, 2.45) is 11.7 Å². The zero-order chi connectivity index (χ0) is 11.5. The zero-order valence-corrected chi connectivity index (χ0v) is 9.89. The van der Waals surface area contributed by atoms with Gasteiger partial charge >= 0.3 is 6.03 Å². The Labute approximate surface area is 100 Å². The molecule has 1 aliphatic heterocycles. The lowest BCUT2D eigenvalue weighted by Crippen LogP contribution is -2.51. The van der Waals surface area contributed by atoms with Gasteiger partial charge in [0, 0.05) is 6.61 Å². The number of thiocarbonyl (C=S) groups is 1. The minimum atomic E-state index is -0.194. The van der Waals surface area contributed by atoms with Crippen molar-refractivity contribution in [3.05, 3.63) is 0 Å². The molecule has 4 N–H and O–H groups in total. The molecular weight excluding hydrogens is 226 g/mol. The predicted octanol–water partition coefficient (Wildman–Crippen LogP) is 0.139. The Morgan fingerprint density at radius 2 is 2.19 bits per heavy atom. The number of ether oxygens (including phenoxy) is 1. The Balaban J connectivity index is 1.77. The van der Waals surface area contributed by atoms with Crippen molar-refractivity contribution in [2.45, 2.75) is 31.3 Å². The average Bonchev–Trinajstić information content (AvgIpc) is 2.94. The van der Waals surface area contributed by atoms with E-state index in [1.807, 2.05) is 0 Å². The van der Waals surface area contributed by atoms with Crippen LogP contribution in [0.1, 0.15) is 19.3 Å². The molecule has 0 radical (unpaired) electrons. The van der Waals surface area contributed by atoms with Crippen molar-refractivity contribution in [3.8, 4) is 0 Å². The Morgan fingerprint density at radius 1 is 1.44 bits per heavy atom. The van der Waals surface area contributed by atoms with Gasteiger partial charge in [-0.2, -0.15) is 0 Å². The van der Waals surface area contributed by atoms with Gasteiger partial charge in [0.05, 0.1) is 23.7 Å². The molecule has 6 heteroatoms. The van der Waals surface area contributed by atoms with Crippen LogP contribution in [-0.4, -0.2) is 36.3 Å². The summed E-state index contributed by atoms with van der Waals surface area (Å²) in [5, 5.41) is 5.69. The molecule has 0 bridgehead atoms. The van der Waals surface area contributed by atoms with Crippen LogP contribution >= 0.6 is 12.2 Å². The summed E-state index contributed by atoms with van der Waals surface area (Å²) in [6.45, 7) is 1.31. The van der Waals surface area contributed by atoms with E-state index in [4.69, 9.17) is 22.7 Å². The Morgan fingerprint density at radius 3 is 2.69 bits per heavy atom. The van der Waals surface area contributed by atoms with Gasteiger partial charge in [-0.1, -0.05) is 12.2 Å². The number of hydrogen-bond donors (Lipinski definition) is 3. The fraction of sp³-hybridized carbons (Fsp3) is 0.800. The minimum absolute atomic E-state index is 0.117. The van der Waals surface area contributed by atoms with Gasteiger partial charge < -0.3 is 21.1 Å². The summed E-state index contributed by atoms with van der Waals surface area (Å²) < 4.78 is 5.18. The maximum atomic E-state index is 11.7. The summed E-state index contributed by atoms with van der Waals surface area (Å²) in [7, 11) is 0. The molecular formula is C10H17N3O2S. The normalized spacial score (nSPS) is 26.1. The van der Waals surface area contributed by atoms with Crippen LogP contribution in [0.4, 0.5) is 4.79 Å². The summed E-state index contributed by atoms with van der Waals surface area (Å²) in [5.74, 6) is 0.433. The van der Waals surface area contributed by atoms with Gasteiger partial charge in [-0.15, -0.1) is 0 Å². The largest absolute Gasteiger partial charge is 0.392 e. The number of nitrogens with two attached hydrogens (primary N) is 1. The van der Waals surface area contributed by atoms with Crippen molar-refractivity contribution < 1.29 is 9.53 Å². The molecule has 2 atom stereocenters. The lowest BCUT2D eigenvalue weighted by atomic mass is 10.2. The highest BCUT2D eigenvalue weighted by Crippen LogP contribution is 2.32. The second-order valence-electron chi connectivity index (χ2n) is 4.40. The molecule has 2 unspecified atom stereocenters. The summed E-state index contributed by atoms with van der Waals surface area (Å²) in [4.78, 5) is 12.0. The van der Waals surface area contributed by atoms with Crippen LogP contribution in [0, 0.1) is 5.92 Å². The molecule has 1 heterocycles. The van der Waals surface area contributed by atoms with Crippen molar-refractivity contribution in [1.29, 1.82) is 0 Å². The topological polar surface area (TPSA) is 76.4 Å². The smallest absolute Gasteiger partial charge is 0.315 e. The van der Waals surface area contributed by atoms with Crippen molar-refractivity contribution in [1.82, 2.24) is 10.6 Å². The molecule has 1 saturated carbocycles. The third-order valence-corrected chi connectivity index (χ3v) is 3.21. The monoisotopic (exact) mass is 243 g/mol. The van der Waals surface area contributed by atoms with E-state index < -0.39 is 0 Å². The second-order valence-corrected chi connectivity index (χ2v) is 4.87. The van der Waals surface area contributed by atoms with Crippen LogP contribution in [0.15, 0.2) is 0 Å². The maximum Gasteiger partial charge on any atom is 0.315 e. The summed E-state index contributed by atoms with van der Waals surface area (Å²) >= 11 is 4.94. The molecule has 2 fully saturated rings. The second kappa shape index (κ2) is 4.97. The molecule has 0 spiro atoms. The number of rotatable bonds is 4. The Bertz CT molecular complexity index is 288. The highest BCUT2D eigenvalue weighted by Gasteiger charge is 2.34. The molecule has 0 aromatic carbocycles. The molecule has 90 valence electrons. The first-order valence-corrected chi connectivity index (χ1v) is 6.01. The molecule has 16 heavy (non-hydrogen) atoms. The molecule has 2 rings (SSSR count). The van der Waals surface area contributed by atoms with Gasteiger partial charge in [-0.3, -0.25) is 0 Å². The van der Waals surface area contributed by atoms with E-state index in [1.165, 1.54) is 0 Å². The first-order valence-electron chi connectivity index (χ1n) is 5.61. The van der Waals surface area contributed by atoms with Crippen molar-refractivity contribution >= 4 is 23.2 Å². The van der Waals surface area contributed by atoms with Gasteiger partial charge in [0.1, 0.15) is 0 Å². The minimum Gasteiger partial charge on any atom is -0.392 e. The zero-order valence-electron chi connectivity index (χ0n) is 9.07. The van der Waals surface area contributed by atoms with Crippen LogP contribution in [0.5, 0.6) is 0 Å². The van der Waals surface area contributed by atoms with Gasteiger partial charge in [-0.05, 0) is 25.2 Å². The van der Waals surface area contributed by atoms with E-state index in [2.05, 4.69) is 10.6 Å². The van der Waals surface area contributed by atoms with Gasteiger partial charge in [0.25, 0.3) is 0 Å². The molecule has 2 aliphatic rings. The molecule has 1 aliphatic carbocycles. The van der Waals surface area contributed by atoms with Crippen molar-refractivity contribution in [3.63, 3.8) is 0 Å². The quantitative estimate of drug-likeness (QED) is 0.614. The molecule has 0 aromatic rings. The third-order valence-electron chi connectivity index (χ3n) is 2.95.